The molecule has 0 aliphatic heterocycles. The Balaban J connectivity index is 2.43. The lowest BCUT2D eigenvalue weighted by atomic mass is 10.0. The van der Waals surface area contributed by atoms with Gasteiger partial charge in [-0.1, -0.05) is 33.6 Å². The van der Waals surface area contributed by atoms with Crippen molar-refractivity contribution in [1.29, 1.82) is 0 Å². The van der Waals surface area contributed by atoms with E-state index in [2.05, 4.69) is 15.9 Å². The molecule has 1 unspecified atom stereocenters. The summed E-state index contributed by atoms with van der Waals surface area (Å²) in [6.45, 7) is 0. The van der Waals surface area contributed by atoms with Crippen LogP contribution in [0, 0.1) is 5.82 Å². The van der Waals surface area contributed by atoms with E-state index in [1.807, 2.05) is 0 Å². The van der Waals surface area contributed by atoms with E-state index < -0.39 is 5.38 Å². The first kappa shape index (κ1) is 14.6. The summed E-state index contributed by atoms with van der Waals surface area (Å²) in [5, 5.41) is -0.0565. The van der Waals surface area contributed by atoms with Crippen molar-refractivity contribution in [3.05, 3.63) is 62.8 Å². The molecule has 2 aromatic carbocycles. The number of benzene rings is 2. The summed E-state index contributed by atoms with van der Waals surface area (Å²) in [4.78, 5) is 0. The second-order valence-corrected chi connectivity index (χ2v) is 5.61. The van der Waals surface area contributed by atoms with E-state index >= 15 is 0 Å². The highest BCUT2D eigenvalue weighted by molar-refractivity contribution is 9.10. The SMILES string of the molecule is COc1ccc(C(Cl)c2cc(F)ccc2Br)c(Cl)c1. The van der Waals surface area contributed by atoms with E-state index in [1.165, 1.54) is 12.1 Å². The van der Waals surface area contributed by atoms with Gasteiger partial charge in [0.1, 0.15) is 11.6 Å². The normalized spacial score (nSPS) is 12.3. The van der Waals surface area contributed by atoms with Gasteiger partial charge in [0.15, 0.2) is 0 Å². The summed E-state index contributed by atoms with van der Waals surface area (Å²) >= 11 is 15.9. The summed E-state index contributed by atoms with van der Waals surface area (Å²) in [5.74, 6) is 0.310. The fraction of sp³-hybridized carbons (Fsp3) is 0.143. The van der Waals surface area contributed by atoms with Crippen molar-refractivity contribution >= 4 is 39.1 Å². The smallest absolute Gasteiger partial charge is 0.123 e. The molecule has 0 aliphatic carbocycles. The molecule has 0 radical (unpaired) electrons. The van der Waals surface area contributed by atoms with Gasteiger partial charge in [-0.15, -0.1) is 11.6 Å². The molecule has 0 saturated heterocycles. The molecular weight excluding hydrogens is 354 g/mol. The summed E-state index contributed by atoms with van der Waals surface area (Å²) in [5.41, 5.74) is 1.34. The van der Waals surface area contributed by atoms with Gasteiger partial charge in [0.05, 0.1) is 12.5 Å². The molecule has 0 aliphatic rings. The molecule has 0 amide bonds. The Morgan fingerprint density at radius 2 is 1.89 bits per heavy atom. The largest absolute Gasteiger partial charge is 0.497 e. The van der Waals surface area contributed by atoms with Gasteiger partial charge < -0.3 is 4.74 Å². The van der Waals surface area contributed by atoms with Crippen LogP contribution in [-0.4, -0.2) is 7.11 Å². The van der Waals surface area contributed by atoms with Gasteiger partial charge in [-0.3, -0.25) is 0 Å². The maximum Gasteiger partial charge on any atom is 0.123 e. The second kappa shape index (κ2) is 6.12. The molecule has 0 heterocycles. The molecular formula is C14H10BrCl2FO. The predicted molar refractivity (Wildman–Crippen MR) is 79.8 cm³/mol. The van der Waals surface area contributed by atoms with Crippen LogP contribution in [0.25, 0.3) is 0 Å². The minimum atomic E-state index is -0.538. The molecule has 19 heavy (non-hydrogen) atoms. The van der Waals surface area contributed by atoms with Gasteiger partial charge in [0.25, 0.3) is 0 Å². The maximum atomic E-state index is 13.3. The van der Waals surface area contributed by atoms with Crippen molar-refractivity contribution in [2.75, 3.05) is 7.11 Å². The summed E-state index contributed by atoms with van der Waals surface area (Å²) in [6, 6.07) is 9.60. The topological polar surface area (TPSA) is 9.23 Å². The zero-order chi connectivity index (χ0) is 14.0. The number of rotatable bonds is 3. The third-order valence-corrected chi connectivity index (χ3v) is 4.23. The van der Waals surface area contributed by atoms with E-state index in [9.17, 15) is 4.39 Å². The van der Waals surface area contributed by atoms with Crippen molar-refractivity contribution in [2.24, 2.45) is 0 Å². The Morgan fingerprint density at radius 1 is 1.16 bits per heavy atom. The van der Waals surface area contributed by atoms with Crippen molar-refractivity contribution < 1.29 is 9.13 Å². The van der Waals surface area contributed by atoms with Crippen LogP contribution in [-0.2, 0) is 0 Å². The standard InChI is InChI=1S/C14H10BrCl2FO/c1-19-9-3-4-10(13(16)7-9)14(17)11-6-8(18)2-5-12(11)15/h2-7,14H,1H3. The lowest BCUT2D eigenvalue weighted by Crippen LogP contribution is -1.97. The molecule has 2 aromatic rings. The van der Waals surface area contributed by atoms with Gasteiger partial charge >= 0.3 is 0 Å². The van der Waals surface area contributed by atoms with Crippen LogP contribution in [0.3, 0.4) is 0 Å². The molecule has 100 valence electrons. The van der Waals surface area contributed by atoms with Crippen LogP contribution in [0.4, 0.5) is 4.39 Å². The molecule has 0 bridgehead atoms. The van der Waals surface area contributed by atoms with Crippen molar-refractivity contribution in [3.8, 4) is 5.75 Å². The highest BCUT2D eigenvalue weighted by Gasteiger charge is 2.18. The fourth-order valence-electron chi connectivity index (χ4n) is 1.72. The van der Waals surface area contributed by atoms with Gasteiger partial charge in [0, 0.05) is 9.50 Å². The third-order valence-electron chi connectivity index (χ3n) is 2.71. The van der Waals surface area contributed by atoms with Crippen LogP contribution in [0.15, 0.2) is 40.9 Å². The first-order chi connectivity index (χ1) is 9.02. The van der Waals surface area contributed by atoms with Gasteiger partial charge in [-0.2, -0.15) is 0 Å². The van der Waals surface area contributed by atoms with Crippen molar-refractivity contribution in [2.45, 2.75) is 5.38 Å². The zero-order valence-corrected chi connectivity index (χ0v) is 13.1. The molecule has 0 N–H and O–H groups in total. The Morgan fingerprint density at radius 3 is 2.53 bits per heavy atom. The van der Waals surface area contributed by atoms with Crippen LogP contribution in [0.5, 0.6) is 5.75 Å². The zero-order valence-electron chi connectivity index (χ0n) is 9.96. The van der Waals surface area contributed by atoms with Crippen LogP contribution < -0.4 is 4.74 Å². The quantitative estimate of drug-likeness (QED) is 0.647. The number of ether oxygens (including phenoxy) is 1. The minimum Gasteiger partial charge on any atom is -0.497 e. The van der Waals surface area contributed by atoms with Crippen LogP contribution in [0.1, 0.15) is 16.5 Å². The lowest BCUT2D eigenvalue weighted by Gasteiger charge is -2.14. The Bertz CT molecular complexity index is 604. The average molecular weight is 364 g/mol. The minimum absolute atomic E-state index is 0.339. The van der Waals surface area contributed by atoms with E-state index in [4.69, 9.17) is 27.9 Å². The van der Waals surface area contributed by atoms with Crippen molar-refractivity contribution in [3.63, 3.8) is 0 Å². The van der Waals surface area contributed by atoms with Gasteiger partial charge in [0.2, 0.25) is 0 Å². The molecule has 0 fully saturated rings. The van der Waals surface area contributed by atoms with Gasteiger partial charge in [-0.05, 0) is 41.5 Å². The first-order valence-electron chi connectivity index (χ1n) is 5.45. The predicted octanol–water partition coefficient (Wildman–Crippen LogP) is 5.58. The molecule has 0 spiro atoms. The van der Waals surface area contributed by atoms with E-state index in [0.717, 1.165) is 4.47 Å². The summed E-state index contributed by atoms with van der Waals surface area (Å²) in [6.07, 6.45) is 0. The molecule has 1 atom stereocenters. The summed E-state index contributed by atoms with van der Waals surface area (Å²) in [7, 11) is 1.56. The Kier molecular flexibility index (Phi) is 4.71. The monoisotopic (exact) mass is 362 g/mol. The highest BCUT2D eigenvalue weighted by Crippen LogP contribution is 2.38. The lowest BCUT2D eigenvalue weighted by molar-refractivity contribution is 0.414. The van der Waals surface area contributed by atoms with Crippen LogP contribution in [0.2, 0.25) is 5.02 Å². The Labute approximate surface area is 129 Å². The second-order valence-electron chi connectivity index (χ2n) is 3.92. The average Bonchev–Trinajstić information content (AvgIpc) is 2.40. The third kappa shape index (κ3) is 3.22. The maximum absolute atomic E-state index is 13.3. The molecule has 2 rings (SSSR count). The van der Waals surface area contributed by atoms with E-state index in [1.54, 1.807) is 31.4 Å². The number of hydrogen-bond donors (Lipinski definition) is 0. The van der Waals surface area contributed by atoms with E-state index in [0.29, 0.717) is 21.9 Å². The number of alkyl halides is 1. The molecule has 0 saturated carbocycles. The fourth-order valence-corrected chi connectivity index (χ4v) is 3.03. The molecule has 0 aromatic heterocycles. The van der Waals surface area contributed by atoms with Crippen LogP contribution >= 0.6 is 39.1 Å². The van der Waals surface area contributed by atoms with Crippen molar-refractivity contribution in [1.82, 2.24) is 0 Å². The first-order valence-corrected chi connectivity index (χ1v) is 7.06. The Hall–Kier alpha value is -0.770. The van der Waals surface area contributed by atoms with Gasteiger partial charge in [-0.25, -0.2) is 4.39 Å². The number of halogens is 4. The number of methoxy groups -OCH3 is 1. The summed E-state index contributed by atoms with van der Waals surface area (Å²) < 4.78 is 19.1. The molecule has 5 heteroatoms. The highest BCUT2D eigenvalue weighted by atomic mass is 79.9. The van der Waals surface area contributed by atoms with E-state index in [-0.39, 0.29) is 5.82 Å². The molecule has 1 nitrogen and oxygen atoms in total. The number of hydrogen-bond acceptors (Lipinski definition) is 1.